The summed E-state index contributed by atoms with van der Waals surface area (Å²) in [7, 11) is 1.30. The molecule has 2 heterocycles. The van der Waals surface area contributed by atoms with Crippen LogP contribution in [0.2, 0.25) is 0 Å². The number of hydrogen-bond acceptors (Lipinski definition) is 5. The van der Waals surface area contributed by atoms with Gasteiger partial charge in [-0.15, -0.1) is 0 Å². The molecule has 8 heteroatoms. The predicted molar refractivity (Wildman–Crippen MR) is 65.7 cm³/mol. The Balaban J connectivity index is 2.07. The van der Waals surface area contributed by atoms with Crippen molar-refractivity contribution >= 4 is 31.4 Å². The number of nitrogens with one attached hydrogen (secondary N) is 1. The Bertz CT molecular complexity index is 471. The van der Waals surface area contributed by atoms with Crippen molar-refractivity contribution in [2.24, 2.45) is 0 Å². The van der Waals surface area contributed by atoms with Crippen LogP contribution in [0, 0.1) is 0 Å². The van der Waals surface area contributed by atoms with Crippen LogP contribution < -0.4 is 9.62 Å². The number of hydrogen-bond donors (Lipinski definition) is 1. The average Bonchev–Trinajstić information content (AvgIpc) is 2.29. The van der Waals surface area contributed by atoms with E-state index >= 15 is 0 Å². The van der Waals surface area contributed by atoms with Gasteiger partial charge in [0.1, 0.15) is 5.82 Å². The van der Waals surface area contributed by atoms with Crippen LogP contribution in [0.1, 0.15) is 0 Å². The fraction of sp³-hybridized carbons (Fsp3) is 0.444. The maximum absolute atomic E-state index is 10.8. The molecule has 6 nitrogen and oxygen atoms in total. The summed E-state index contributed by atoms with van der Waals surface area (Å²) < 4.78 is 28.9. The van der Waals surface area contributed by atoms with Crippen molar-refractivity contribution in [2.75, 3.05) is 35.9 Å². The minimum Gasteiger partial charge on any atom is -0.378 e. The summed E-state index contributed by atoms with van der Waals surface area (Å²) in [6.45, 7) is 2.93. The predicted octanol–water partition coefficient (Wildman–Crippen LogP) is 0.814. The quantitative estimate of drug-likeness (QED) is 0.828. The van der Waals surface area contributed by atoms with Gasteiger partial charge in [0.05, 0.1) is 25.1 Å². The normalized spacial score (nSPS) is 16.9. The summed E-state index contributed by atoms with van der Waals surface area (Å²) >= 11 is 0. The van der Waals surface area contributed by atoms with Crippen molar-refractivity contribution < 1.29 is 13.2 Å². The van der Waals surface area contributed by atoms with E-state index in [0.717, 1.165) is 18.9 Å². The third-order valence-corrected chi connectivity index (χ3v) is 3.03. The number of anilines is 2. The fourth-order valence-corrected chi connectivity index (χ4v) is 2.24. The van der Waals surface area contributed by atoms with Crippen molar-refractivity contribution in [2.45, 2.75) is 0 Å². The molecule has 1 fully saturated rings. The molecule has 1 aromatic rings. The lowest BCUT2D eigenvalue weighted by Crippen LogP contribution is -2.36. The molecule has 2 rings (SSSR count). The lowest BCUT2D eigenvalue weighted by molar-refractivity contribution is 0.122. The van der Waals surface area contributed by atoms with Crippen LogP contribution in [-0.4, -0.2) is 39.7 Å². The van der Waals surface area contributed by atoms with E-state index in [2.05, 4.69) is 14.6 Å². The smallest absolute Gasteiger partial charge is 0.319 e. The van der Waals surface area contributed by atoms with Gasteiger partial charge in [-0.05, 0) is 12.1 Å². The summed E-state index contributed by atoms with van der Waals surface area (Å²) in [5, 5.41) is 0. The Morgan fingerprint density at radius 2 is 2.06 bits per heavy atom. The van der Waals surface area contributed by atoms with Crippen LogP contribution in [0.4, 0.5) is 11.5 Å². The van der Waals surface area contributed by atoms with E-state index in [1.807, 2.05) is 0 Å². The van der Waals surface area contributed by atoms with Crippen molar-refractivity contribution in [3.05, 3.63) is 18.3 Å². The minimum atomic E-state index is -3.77. The van der Waals surface area contributed by atoms with E-state index in [1.165, 1.54) is 6.20 Å². The highest BCUT2D eigenvalue weighted by Crippen LogP contribution is 2.16. The second-order valence-corrected chi connectivity index (χ2v) is 5.84. The van der Waals surface area contributed by atoms with Crippen LogP contribution in [0.15, 0.2) is 18.3 Å². The van der Waals surface area contributed by atoms with Crippen LogP contribution >= 0.6 is 10.7 Å². The summed E-state index contributed by atoms with van der Waals surface area (Å²) in [5.74, 6) is 0.797. The maximum Gasteiger partial charge on any atom is 0.319 e. The molecule has 17 heavy (non-hydrogen) atoms. The first-order valence-electron chi connectivity index (χ1n) is 5.06. The SMILES string of the molecule is O=S(=O)(Cl)Nc1ccc(N2CCOCC2)nc1. The van der Waals surface area contributed by atoms with Gasteiger partial charge < -0.3 is 9.64 Å². The summed E-state index contributed by atoms with van der Waals surface area (Å²) in [4.78, 5) is 6.24. The van der Waals surface area contributed by atoms with E-state index in [9.17, 15) is 8.42 Å². The highest BCUT2D eigenvalue weighted by molar-refractivity contribution is 8.14. The zero-order valence-corrected chi connectivity index (χ0v) is 10.5. The van der Waals surface area contributed by atoms with Crippen molar-refractivity contribution in [3.8, 4) is 0 Å². The van der Waals surface area contributed by atoms with Crippen LogP contribution in [0.3, 0.4) is 0 Å². The van der Waals surface area contributed by atoms with E-state index < -0.39 is 9.24 Å². The Morgan fingerprint density at radius 3 is 2.59 bits per heavy atom. The molecule has 1 aromatic heterocycles. The molecule has 1 N–H and O–H groups in total. The summed E-state index contributed by atoms with van der Waals surface area (Å²) in [5.41, 5.74) is 0.344. The molecule has 0 radical (unpaired) electrons. The van der Waals surface area contributed by atoms with E-state index in [0.29, 0.717) is 18.9 Å². The van der Waals surface area contributed by atoms with Gasteiger partial charge in [-0.2, -0.15) is 8.42 Å². The van der Waals surface area contributed by atoms with Gasteiger partial charge in [-0.1, -0.05) is 0 Å². The monoisotopic (exact) mass is 277 g/mol. The highest BCUT2D eigenvalue weighted by Gasteiger charge is 2.12. The molecule has 0 atom stereocenters. The molecule has 0 amide bonds. The van der Waals surface area contributed by atoms with Crippen molar-refractivity contribution in [1.29, 1.82) is 0 Å². The average molecular weight is 278 g/mol. The minimum absolute atomic E-state index is 0.344. The number of ether oxygens (including phenoxy) is 1. The molecule has 0 aliphatic carbocycles. The lowest BCUT2D eigenvalue weighted by atomic mass is 10.3. The van der Waals surface area contributed by atoms with Gasteiger partial charge in [0, 0.05) is 23.8 Å². The van der Waals surface area contributed by atoms with E-state index in [4.69, 9.17) is 15.4 Å². The third-order valence-electron chi connectivity index (χ3n) is 2.32. The number of morpholine rings is 1. The highest BCUT2D eigenvalue weighted by atomic mass is 35.7. The van der Waals surface area contributed by atoms with Gasteiger partial charge in [0.2, 0.25) is 0 Å². The van der Waals surface area contributed by atoms with Gasteiger partial charge >= 0.3 is 9.24 Å². The molecule has 94 valence electrons. The summed E-state index contributed by atoms with van der Waals surface area (Å²) in [6.07, 6.45) is 1.44. The third kappa shape index (κ3) is 3.72. The number of aromatic nitrogens is 1. The first-order valence-corrected chi connectivity index (χ1v) is 7.37. The summed E-state index contributed by atoms with van der Waals surface area (Å²) in [6, 6.07) is 3.37. The van der Waals surface area contributed by atoms with Crippen LogP contribution in [0.25, 0.3) is 0 Å². The van der Waals surface area contributed by atoms with Gasteiger partial charge in [-0.3, -0.25) is 4.72 Å². The fourth-order valence-electron chi connectivity index (χ4n) is 1.57. The first-order chi connectivity index (χ1) is 8.04. The molecule has 1 aliphatic heterocycles. The molecule has 0 saturated carbocycles. The topological polar surface area (TPSA) is 71.5 Å². The Morgan fingerprint density at radius 1 is 1.35 bits per heavy atom. The Hall–Kier alpha value is -1.05. The largest absolute Gasteiger partial charge is 0.378 e. The van der Waals surface area contributed by atoms with Crippen LogP contribution in [0.5, 0.6) is 0 Å². The molecular weight excluding hydrogens is 266 g/mol. The first kappa shape index (κ1) is 12.4. The molecular formula is C9H12ClN3O3S. The molecule has 0 bridgehead atoms. The number of halogens is 1. The van der Waals surface area contributed by atoms with Gasteiger partial charge in [0.25, 0.3) is 0 Å². The molecule has 0 unspecified atom stereocenters. The van der Waals surface area contributed by atoms with Crippen LogP contribution in [-0.2, 0) is 14.0 Å². The second kappa shape index (κ2) is 5.07. The number of nitrogens with zero attached hydrogens (tertiary/aromatic N) is 2. The Labute approximate surface area is 104 Å². The molecule has 1 saturated heterocycles. The lowest BCUT2D eigenvalue weighted by Gasteiger charge is -2.27. The second-order valence-electron chi connectivity index (χ2n) is 3.54. The molecule has 0 spiro atoms. The zero-order chi connectivity index (χ0) is 12.3. The van der Waals surface area contributed by atoms with Gasteiger partial charge in [-0.25, -0.2) is 4.98 Å². The van der Waals surface area contributed by atoms with Gasteiger partial charge in [0.15, 0.2) is 0 Å². The van der Waals surface area contributed by atoms with Crippen molar-refractivity contribution in [1.82, 2.24) is 4.98 Å². The zero-order valence-electron chi connectivity index (χ0n) is 8.97. The molecule has 0 aromatic carbocycles. The van der Waals surface area contributed by atoms with Crippen molar-refractivity contribution in [3.63, 3.8) is 0 Å². The van der Waals surface area contributed by atoms with E-state index in [-0.39, 0.29) is 0 Å². The number of rotatable bonds is 3. The standard InChI is InChI=1S/C9H12ClN3O3S/c10-17(14,15)12-8-1-2-9(11-7-8)13-3-5-16-6-4-13/h1-2,7,12H,3-6H2. The number of pyridine rings is 1. The Kier molecular flexibility index (Phi) is 3.70. The maximum atomic E-state index is 10.8. The van der Waals surface area contributed by atoms with E-state index in [1.54, 1.807) is 12.1 Å². The molecule has 1 aliphatic rings.